The van der Waals surface area contributed by atoms with Crippen molar-refractivity contribution in [3.63, 3.8) is 0 Å². The molecule has 1 nitrogen and oxygen atoms in total. The Hall–Kier alpha value is -0.740. The molecule has 14 heavy (non-hydrogen) atoms. The number of terminal acetylenes is 1. The minimum Gasteiger partial charge on any atom is -0.303 e. The summed E-state index contributed by atoms with van der Waals surface area (Å²) in [6.07, 6.45) is 12.8. The zero-order chi connectivity index (χ0) is 10.4. The van der Waals surface area contributed by atoms with Crippen LogP contribution < -0.4 is 5.32 Å². The van der Waals surface area contributed by atoms with Crippen LogP contribution in [0.5, 0.6) is 0 Å². The summed E-state index contributed by atoms with van der Waals surface area (Å²) in [5.74, 6) is 3.46. The van der Waals surface area contributed by atoms with Crippen molar-refractivity contribution in [3.05, 3.63) is 11.6 Å². The number of nitrogens with one attached hydrogen (secondary N) is 1. The molecule has 0 aromatic rings. The van der Waals surface area contributed by atoms with Gasteiger partial charge in [-0.15, -0.1) is 6.42 Å². The van der Waals surface area contributed by atoms with Gasteiger partial charge in [-0.05, 0) is 39.0 Å². The van der Waals surface area contributed by atoms with Crippen LogP contribution >= 0.6 is 0 Å². The SMILES string of the molecule is C#CCNC1CCCC1CC=C(C)C. The Balaban J connectivity index is 2.36. The molecule has 0 saturated heterocycles. The van der Waals surface area contributed by atoms with Crippen LogP contribution in [0.25, 0.3) is 0 Å². The number of allylic oxidation sites excluding steroid dienone is 2. The minimum atomic E-state index is 0.654. The standard InChI is InChI=1S/C13H21N/c1-4-10-14-13-7-5-6-12(13)9-8-11(2)3/h1,8,12-14H,5-7,9-10H2,2-3H3. The van der Waals surface area contributed by atoms with E-state index in [4.69, 9.17) is 6.42 Å². The van der Waals surface area contributed by atoms with Crippen LogP contribution in [-0.4, -0.2) is 12.6 Å². The highest BCUT2D eigenvalue weighted by Gasteiger charge is 2.25. The molecule has 0 heterocycles. The van der Waals surface area contributed by atoms with Crippen molar-refractivity contribution in [2.24, 2.45) is 5.92 Å². The monoisotopic (exact) mass is 191 g/mol. The second-order valence-corrected chi connectivity index (χ2v) is 4.40. The van der Waals surface area contributed by atoms with Crippen molar-refractivity contribution in [2.45, 2.75) is 45.6 Å². The van der Waals surface area contributed by atoms with Gasteiger partial charge in [-0.1, -0.05) is 24.0 Å². The molecule has 0 aromatic heterocycles. The van der Waals surface area contributed by atoms with E-state index < -0.39 is 0 Å². The van der Waals surface area contributed by atoms with Gasteiger partial charge in [0.1, 0.15) is 0 Å². The molecule has 1 N–H and O–H groups in total. The Morgan fingerprint density at radius 1 is 1.50 bits per heavy atom. The lowest BCUT2D eigenvalue weighted by Gasteiger charge is -2.18. The van der Waals surface area contributed by atoms with E-state index in [0.29, 0.717) is 6.04 Å². The lowest BCUT2D eigenvalue weighted by molar-refractivity contribution is 0.419. The van der Waals surface area contributed by atoms with Crippen LogP contribution in [0.2, 0.25) is 0 Å². The topological polar surface area (TPSA) is 12.0 Å². The van der Waals surface area contributed by atoms with Crippen molar-refractivity contribution >= 4 is 0 Å². The molecule has 1 fully saturated rings. The number of hydrogen-bond donors (Lipinski definition) is 1. The second-order valence-electron chi connectivity index (χ2n) is 4.40. The quantitative estimate of drug-likeness (QED) is 0.532. The third-order valence-electron chi connectivity index (χ3n) is 2.95. The van der Waals surface area contributed by atoms with Gasteiger partial charge in [-0.2, -0.15) is 0 Å². The highest BCUT2D eigenvalue weighted by molar-refractivity contribution is 4.98. The Bertz CT molecular complexity index is 230. The van der Waals surface area contributed by atoms with Crippen LogP contribution in [0.15, 0.2) is 11.6 Å². The Morgan fingerprint density at radius 2 is 2.29 bits per heavy atom. The first kappa shape index (κ1) is 11.3. The van der Waals surface area contributed by atoms with Crippen LogP contribution in [-0.2, 0) is 0 Å². The second kappa shape index (κ2) is 5.88. The van der Waals surface area contributed by atoms with Gasteiger partial charge < -0.3 is 5.32 Å². The van der Waals surface area contributed by atoms with Crippen LogP contribution in [0.3, 0.4) is 0 Å². The maximum Gasteiger partial charge on any atom is 0.0576 e. The fraction of sp³-hybridized carbons (Fsp3) is 0.692. The number of rotatable bonds is 4. The molecule has 0 radical (unpaired) electrons. The summed E-state index contributed by atoms with van der Waals surface area (Å²) in [6.45, 7) is 5.05. The Kier molecular flexibility index (Phi) is 4.76. The molecular formula is C13H21N. The molecule has 0 aliphatic heterocycles. The third kappa shape index (κ3) is 3.55. The minimum absolute atomic E-state index is 0.654. The fourth-order valence-electron chi connectivity index (χ4n) is 2.16. The summed E-state index contributed by atoms with van der Waals surface area (Å²) in [5, 5.41) is 3.44. The predicted octanol–water partition coefficient (Wildman–Crippen LogP) is 2.73. The summed E-state index contributed by atoms with van der Waals surface area (Å²) < 4.78 is 0. The van der Waals surface area contributed by atoms with E-state index in [2.05, 4.69) is 31.2 Å². The third-order valence-corrected chi connectivity index (χ3v) is 2.95. The maximum absolute atomic E-state index is 5.25. The van der Waals surface area contributed by atoms with E-state index in [1.807, 2.05) is 0 Å². The normalized spacial score (nSPS) is 25.8. The molecule has 2 unspecified atom stereocenters. The zero-order valence-electron chi connectivity index (χ0n) is 9.34. The molecule has 1 aliphatic carbocycles. The smallest absolute Gasteiger partial charge is 0.0576 e. The van der Waals surface area contributed by atoms with Gasteiger partial charge in [0.05, 0.1) is 6.54 Å². The summed E-state index contributed by atoms with van der Waals surface area (Å²) in [4.78, 5) is 0. The molecule has 1 rings (SSSR count). The van der Waals surface area contributed by atoms with E-state index in [1.165, 1.54) is 31.3 Å². The molecule has 78 valence electrons. The van der Waals surface area contributed by atoms with Crippen LogP contribution in [0.1, 0.15) is 39.5 Å². The van der Waals surface area contributed by atoms with Crippen molar-refractivity contribution < 1.29 is 0 Å². The van der Waals surface area contributed by atoms with E-state index >= 15 is 0 Å². The van der Waals surface area contributed by atoms with Crippen molar-refractivity contribution in [3.8, 4) is 12.3 Å². The summed E-state index contributed by atoms with van der Waals surface area (Å²) in [7, 11) is 0. The van der Waals surface area contributed by atoms with Gasteiger partial charge in [0.2, 0.25) is 0 Å². The van der Waals surface area contributed by atoms with Gasteiger partial charge in [-0.25, -0.2) is 0 Å². The average molecular weight is 191 g/mol. The fourth-order valence-corrected chi connectivity index (χ4v) is 2.16. The van der Waals surface area contributed by atoms with Gasteiger partial charge in [-0.3, -0.25) is 0 Å². The van der Waals surface area contributed by atoms with Crippen LogP contribution in [0, 0.1) is 18.3 Å². The lowest BCUT2D eigenvalue weighted by atomic mass is 9.98. The predicted molar refractivity (Wildman–Crippen MR) is 62.0 cm³/mol. The zero-order valence-corrected chi connectivity index (χ0v) is 9.34. The van der Waals surface area contributed by atoms with Crippen molar-refractivity contribution in [2.75, 3.05) is 6.54 Å². The van der Waals surface area contributed by atoms with Gasteiger partial charge >= 0.3 is 0 Å². The molecule has 1 aliphatic rings. The first-order valence-electron chi connectivity index (χ1n) is 5.54. The molecular weight excluding hydrogens is 170 g/mol. The largest absolute Gasteiger partial charge is 0.303 e. The Labute approximate surface area is 88.0 Å². The first-order chi connectivity index (χ1) is 6.74. The average Bonchev–Trinajstić information content (AvgIpc) is 2.58. The highest BCUT2D eigenvalue weighted by atomic mass is 14.9. The summed E-state index contributed by atoms with van der Waals surface area (Å²) in [6, 6.07) is 0.654. The van der Waals surface area contributed by atoms with Crippen molar-refractivity contribution in [1.82, 2.24) is 5.32 Å². The molecule has 0 amide bonds. The molecule has 0 spiro atoms. The molecule has 0 aromatic carbocycles. The molecule has 2 atom stereocenters. The van der Waals surface area contributed by atoms with Crippen LogP contribution in [0.4, 0.5) is 0 Å². The summed E-state index contributed by atoms with van der Waals surface area (Å²) >= 11 is 0. The summed E-state index contributed by atoms with van der Waals surface area (Å²) in [5.41, 5.74) is 1.42. The first-order valence-corrected chi connectivity index (χ1v) is 5.54. The van der Waals surface area contributed by atoms with Gasteiger partial charge in [0, 0.05) is 6.04 Å². The lowest BCUT2D eigenvalue weighted by Crippen LogP contribution is -2.32. The molecule has 1 heteroatoms. The highest BCUT2D eigenvalue weighted by Crippen LogP contribution is 2.28. The molecule has 0 bridgehead atoms. The van der Waals surface area contributed by atoms with Gasteiger partial charge in [0.25, 0.3) is 0 Å². The Morgan fingerprint density at radius 3 is 2.93 bits per heavy atom. The van der Waals surface area contributed by atoms with Gasteiger partial charge in [0.15, 0.2) is 0 Å². The molecule has 1 saturated carbocycles. The van der Waals surface area contributed by atoms with E-state index in [9.17, 15) is 0 Å². The maximum atomic E-state index is 5.25. The van der Waals surface area contributed by atoms with E-state index in [-0.39, 0.29) is 0 Å². The van der Waals surface area contributed by atoms with Crippen molar-refractivity contribution in [1.29, 1.82) is 0 Å². The van der Waals surface area contributed by atoms with E-state index in [0.717, 1.165) is 12.5 Å². The van der Waals surface area contributed by atoms with E-state index in [1.54, 1.807) is 0 Å². The number of hydrogen-bond acceptors (Lipinski definition) is 1.